The lowest BCUT2D eigenvalue weighted by Gasteiger charge is -2.19. The van der Waals surface area contributed by atoms with Crippen LogP contribution in [0.2, 0.25) is 0 Å². The predicted octanol–water partition coefficient (Wildman–Crippen LogP) is 33.1. The van der Waals surface area contributed by atoms with Crippen LogP contribution in [0.25, 0.3) is 252 Å². The number of aromatic nitrogens is 4. The number of hydrogen-bond donors (Lipinski definition) is 0. The lowest BCUT2D eigenvalue weighted by atomic mass is 9.86. The highest BCUT2D eigenvalue weighted by atomic mass is 15.0. The highest BCUT2D eigenvalue weighted by Gasteiger charge is 2.29. The zero-order chi connectivity index (χ0) is 82.3. The first-order chi connectivity index (χ1) is 60.7. The molecule has 0 aliphatic rings. The van der Waals surface area contributed by atoms with Gasteiger partial charge in [0, 0.05) is 76.0 Å². The number of rotatable bonds is 9. The first-order valence-electron chi connectivity index (χ1n) is 43.6. The summed E-state index contributed by atoms with van der Waals surface area (Å²) in [6.07, 6.45) is 0. The third-order valence-corrected chi connectivity index (χ3v) is 27.6. The van der Waals surface area contributed by atoms with Gasteiger partial charge >= 0.3 is 0 Å². The zero-order valence-electron chi connectivity index (χ0n) is 69.7. The van der Waals surface area contributed by atoms with E-state index < -0.39 is 0 Å². The smallest absolute Gasteiger partial charge is 0.0642 e. The summed E-state index contributed by atoms with van der Waals surface area (Å²) in [5.74, 6) is 0. The summed E-state index contributed by atoms with van der Waals surface area (Å²) in [5.41, 5.74) is 34.1. The normalized spacial score (nSPS) is 12.6. The Kier molecular flexibility index (Phi) is 14.8. The largest absolute Gasteiger partial charge is 0.309 e. The Labute approximate surface area is 716 Å². The summed E-state index contributed by atoms with van der Waals surface area (Å²) in [6, 6.07) is 148. The van der Waals surface area contributed by atoms with E-state index in [1.54, 1.807) is 0 Å². The van der Waals surface area contributed by atoms with Gasteiger partial charge < -0.3 is 17.9 Å². The second-order valence-corrected chi connectivity index (χ2v) is 36.8. The zero-order valence-corrected chi connectivity index (χ0v) is 69.7. The van der Waals surface area contributed by atoms with Crippen LogP contribution >= 0.6 is 0 Å². The lowest BCUT2D eigenvalue weighted by Crippen LogP contribution is -2.10. The van der Waals surface area contributed by atoms with E-state index in [0.29, 0.717) is 0 Å². The van der Waals surface area contributed by atoms with E-state index in [1.165, 1.54) is 252 Å². The molecule has 124 heavy (non-hydrogen) atoms. The second kappa shape index (κ2) is 26.1. The molecule has 4 nitrogen and oxygen atoms in total. The Morgan fingerprint density at radius 1 is 0.161 bits per heavy atom. The molecular weight excluding hydrogens is 1500 g/mol. The maximum atomic E-state index is 2.61. The third kappa shape index (κ3) is 10.6. The highest BCUT2D eigenvalue weighted by Crippen LogP contribution is 2.52. The summed E-state index contributed by atoms with van der Waals surface area (Å²) >= 11 is 0. The molecule has 0 saturated heterocycles. The van der Waals surface area contributed by atoms with Crippen LogP contribution in [0.5, 0.6) is 0 Å². The van der Waals surface area contributed by atoms with Gasteiger partial charge in [0.25, 0.3) is 0 Å². The molecule has 0 aliphatic heterocycles. The topological polar surface area (TPSA) is 18.7 Å². The van der Waals surface area contributed by atoms with Crippen LogP contribution < -0.4 is 0 Å². The van der Waals surface area contributed by atoms with Crippen LogP contribution in [0.1, 0.15) is 52.7 Å². The average molecular weight is 1580 g/mol. The summed E-state index contributed by atoms with van der Waals surface area (Å²) in [6.45, 7) is 13.7. The molecule has 4 heteroatoms. The van der Waals surface area contributed by atoms with Crippen molar-refractivity contribution in [3.8, 4) is 89.3 Å². The van der Waals surface area contributed by atoms with Gasteiger partial charge in [0.05, 0.1) is 55.2 Å². The molecule has 0 bridgehead atoms. The van der Waals surface area contributed by atoms with Crippen LogP contribution in [-0.4, -0.2) is 17.9 Å². The average Bonchev–Trinajstić information content (AvgIpc) is 1.51. The molecule has 26 rings (SSSR count). The number of fused-ring (bicyclic) bond motifs is 24. The standard InChI is InChI=1S/C120H82N4/c1-119(2,3)93-50-44-76(45-51-93)83-37-41-86-62-100-104-70-102-98-25-14-16-27-108(98)122(116(102)114-106-64-88-43-39-84(77-46-52-94(53-47-77)120(4,5)6)60-92(88)68-112(106)124(118(104)114)110(100)66-90(86)59-83)96-54-48-78(49-55-96)80-21-17-20-79(56-80)73-32-34-75(35-33-73)81-36-40-85-61-99-103-69-101-97-24-13-15-26-107(97)121(95-22-11-8-12-23-95)115(101)113-105-63-87-42-38-82(74-30-28-72(29-31-74)71-18-9-7-10-19-71)58-91(87)67-111(105)123(117(103)113)109(99)65-89(85)57-81/h7-70H,1-6H3. The van der Waals surface area contributed by atoms with Crippen LogP contribution in [-0.2, 0) is 10.8 Å². The van der Waals surface area contributed by atoms with Crippen molar-refractivity contribution in [2.24, 2.45) is 0 Å². The van der Waals surface area contributed by atoms with Gasteiger partial charge in [-0.05, 0) is 270 Å². The van der Waals surface area contributed by atoms with E-state index in [0.717, 1.165) is 11.4 Å². The monoisotopic (exact) mass is 1580 g/mol. The first kappa shape index (κ1) is 70.5. The van der Waals surface area contributed by atoms with Crippen molar-refractivity contribution in [3.05, 3.63) is 399 Å². The van der Waals surface area contributed by atoms with Crippen LogP contribution in [0.4, 0.5) is 0 Å². The molecule has 0 amide bonds. The van der Waals surface area contributed by atoms with E-state index in [4.69, 9.17) is 0 Å². The minimum Gasteiger partial charge on any atom is -0.309 e. The van der Waals surface area contributed by atoms with E-state index >= 15 is 0 Å². The fraction of sp³-hybridized carbons (Fsp3) is 0.0667. The molecule has 0 aliphatic carbocycles. The fourth-order valence-electron chi connectivity index (χ4n) is 21.3. The molecule has 20 aromatic carbocycles. The van der Waals surface area contributed by atoms with Gasteiger partial charge in [-0.2, -0.15) is 0 Å². The molecule has 6 aromatic heterocycles. The summed E-state index contributed by atoms with van der Waals surface area (Å²) in [7, 11) is 0. The Bertz CT molecular complexity index is 8970. The van der Waals surface area contributed by atoms with Crippen molar-refractivity contribution in [2.75, 3.05) is 0 Å². The highest BCUT2D eigenvalue weighted by molar-refractivity contribution is 6.37. The van der Waals surface area contributed by atoms with Gasteiger partial charge in [-0.15, -0.1) is 0 Å². The fourth-order valence-corrected chi connectivity index (χ4v) is 21.3. The van der Waals surface area contributed by atoms with Crippen molar-refractivity contribution in [1.29, 1.82) is 0 Å². The predicted molar refractivity (Wildman–Crippen MR) is 530 cm³/mol. The van der Waals surface area contributed by atoms with Crippen molar-refractivity contribution in [2.45, 2.75) is 52.4 Å². The molecule has 0 saturated carbocycles. The van der Waals surface area contributed by atoms with E-state index in [1.807, 2.05) is 0 Å². The minimum atomic E-state index is 0.0738. The summed E-state index contributed by atoms with van der Waals surface area (Å²) in [5, 5.41) is 24.9. The van der Waals surface area contributed by atoms with Crippen molar-refractivity contribution >= 4 is 163 Å². The third-order valence-electron chi connectivity index (χ3n) is 27.6. The Morgan fingerprint density at radius 2 is 0.435 bits per heavy atom. The van der Waals surface area contributed by atoms with Gasteiger partial charge in [-0.1, -0.05) is 302 Å². The second-order valence-electron chi connectivity index (χ2n) is 36.8. The first-order valence-corrected chi connectivity index (χ1v) is 43.6. The summed E-state index contributed by atoms with van der Waals surface area (Å²) < 4.78 is 10.3. The van der Waals surface area contributed by atoms with Gasteiger partial charge in [0.15, 0.2) is 0 Å². The number of benzene rings is 20. The minimum absolute atomic E-state index is 0.0738. The lowest BCUT2D eigenvalue weighted by molar-refractivity contribution is 0.590. The Balaban J connectivity index is 0.568. The number of para-hydroxylation sites is 3. The van der Waals surface area contributed by atoms with E-state index in [9.17, 15) is 0 Å². The van der Waals surface area contributed by atoms with Gasteiger partial charge in [0.2, 0.25) is 0 Å². The van der Waals surface area contributed by atoms with Crippen LogP contribution in [0, 0.1) is 0 Å². The van der Waals surface area contributed by atoms with E-state index in [-0.39, 0.29) is 10.8 Å². The summed E-state index contributed by atoms with van der Waals surface area (Å²) in [4.78, 5) is 0. The van der Waals surface area contributed by atoms with Crippen molar-refractivity contribution in [3.63, 3.8) is 0 Å². The van der Waals surface area contributed by atoms with Crippen LogP contribution in [0.15, 0.2) is 388 Å². The van der Waals surface area contributed by atoms with Crippen LogP contribution in [0.3, 0.4) is 0 Å². The molecule has 582 valence electrons. The molecule has 26 aromatic rings. The molecule has 0 unspecified atom stereocenters. The molecule has 0 N–H and O–H groups in total. The number of hydrogen-bond acceptors (Lipinski definition) is 0. The van der Waals surface area contributed by atoms with Gasteiger partial charge in [-0.25, -0.2) is 0 Å². The molecular formula is C120H82N4. The molecule has 0 atom stereocenters. The number of nitrogens with zero attached hydrogens (tertiary/aromatic N) is 4. The Morgan fingerprint density at radius 3 is 0.815 bits per heavy atom. The van der Waals surface area contributed by atoms with Gasteiger partial charge in [0.1, 0.15) is 0 Å². The van der Waals surface area contributed by atoms with Crippen molar-refractivity contribution in [1.82, 2.24) is 17.9 Å². The molecule has 0 spiro atoms. The SMILES string of the molecule is CC(C)(C)c1ccc(-c2ccc3cc4c5cc6c7ccccc7n(-c7ccc(-c8cccc(-c9ccc(-c%10ccc%11cc%12c%13cc%14c%15ccccc%15n(-c%15ccccc%15)c%14c%14c%15cc%16ccc(-c%17ccc(-c%18ccccc%18)cc%17)cc%16cc%15n(c%12cc%11c%10)c%13%14)cc9)c8)cc7)c6c6c7cc8ccc(-c9ccc(C(C)(C)C)cc9)cc8cc7n(c4cc3c2)c56)cc1. The quantitative estimate of drug-likeness (QED) is 0.137. The van der Waals surface area contributed by atoms with E-state index in [2.05, 4.69) is 448 Å². The molecule has 6 heterocycles. The maximum absolute atomic E-state index is 2.61. The van der Waals surface area contributed by atoms with Crippen molar-refractivity contribution < 1.29 is 0 Å². The molecule has 0 fully saturated rings. The molecule has 0 radical (unpaired) electrons. The van der Waals surface area contributed by atoms with Gasteiger partial charge in [-0.3, -0.25) is 0 Å². The maximum Gasteiger partial charge on any atom is 0.0642 e. The Hall–Kier alpha value is -15.4.